The van der Waals surface area contributed by atoms with Gasteiger partial charge in [-0.05, 0) is 29.3 Å². The van der Waals surface area contributed by atoms with Crippen molar-refractivity contribution >= 4 is 28.7 Å². The molecule has 1 aromatic heterocycles. The zero-order valence-corrected chi connectivity index (χ0v) is 18.9. The lowest BCUT2D eigenvalue weighted by Crippen LogP contribution is -2.55. The highest BCUT2D eigenvalue weighted by atomic mass is 35.5. The fourth-order valence-corrected chi connectivity index (χ4v) is 5.24. The molecule has 2 aliphatic heterocycles. The molecule has 7 atom stereocenters. The molecule has 3 aliphatic rings. The number of nitrogens with zero attached hydrogens (tertiary/aromatic N) is 2. The number of hydrogen-bond donors (Lipinski definition) is 4. The molecule has 2 aromatic rings. The number of ether oxygens (including phenoxy) is 2. The van der Waals surface area contributed by atoms with Crippen LogP contribution in [0.2, 0.25) is 5.02 Å². The first kappa shape index (κ1) is 22.7. The summed E-state index contributed by atoms with van der Waals surface area (Å²) in [5.41, 5.74) is 1.32. The van der Waals surface area contributed by atoms with E-state index in [1.54, 1.807) is 18.2 Å². The summed E-state index contributed by atoms with van der Waals surface area (Å²) in [5.74, 6) is 0.910. The van der Waals surface area contributed by atoms with Gasteiger partial charge in [-0.2, -0.15) is 0 Å². The molecule has 0 amide bonds. The van der Waals surface area contributed by atoms with E-state index in [4.69, 9.17) is 21.1 Å². The standard InChI is InChI=1S/C23H23ClN2O6S/c24-14-6-5-12(22-21(30)20(29)19(28)17(10-27)32-22)7-13(14)9-18-25-26-23(33-18)16-8-11-3-1-2-4-15(11)31-16/h1-8,11,15,17,19-22,27-30H,9-10H2/t11?,15?,17-,19-,20+,21-,22+/m1/s1. The molecule has 0 saturated carbocycles. The lowest BCUT2D eigenvalue weighted by Gasteiger charge is -2.40. The number of aliphatic hydroxyl groups is 4. The average molecular weight is 491 g/mol. The highest BCUT2D eigenvalue weighted by Crippen LogP contribution is 2.37. The maximum absolute atomic E-state index is 10.4. The Bertz CT molecular complexity index is 1120. The summed E-state index contributed by atoms with van der Waals surface area (Å²) in [6, 6.07) is 5.14. The van der Waals surface area contributed by atoms with Crippen LogP contribution in [0, 0.1) is 5.92 Å². The third kappa shape index (κ3) is 4.38. The van der Waals surface area contributed by atoms with Crippen molar-refractivity contribution in [3.8, 4) is 0 Å². The van der Waals surface area contributed by atoms with Crippen LogP contribution in [-0.2, 0) is 15.9 Å². The fraction of sp³-hybridized carbons (Fsp3) is 0.391. The Morgan fingerprint density at radius 1 is 1.03 bits per heavy atom. The molecule has 1 aliphatic carbocycles. The normalized spacial score (nSPS) is 33.0. The highest BCUT2D eigenvalue weighted by Gasteiger charge is 2.44. The van der Waals surface area contributed by atoms with Gasteiger partial charge in [0, 0.05) is 17.4 Å². The van der Waals surface area contributed by atoms with E-state index < -0.39 is 37.1 Å². The summed E-state index contributed by atoms with van der Waals surface area (Å²) in [7, 11) is 0. The molecule has 0 spiro atoms. The molecule has 33 heavy (non-hydrogen) atoms. The topological polar surface area (TPSA) is 125 Å². The van der Waals surface area contributed by atoms with Gasteiger partial charge < -0.3 is 29.9 Å². The van der Waals surface area contributed by atoms with Crippen LogP contribution in [0.1, 0.15) is 27.2 Å². The first-order valence-electron chi connectivity index (χ1n) is 10.6. The highest BCUT2D eigenvalue weighted by molar-refractivity contribution is 7.12. The molecular weight excluding hydrogens is 468 g/mol. The average Bonchev–Trinajstić information content (AvgIpc) is 3.46. The quantitative estimate of drug-likeness (QED) is 0.500. The number of allylic oxidation sites excluding steroid dienone is 2. The van der Waals surface area contributed by atoms with Gasteiger partial charge in [0.25, 0.3) is 0 Å². The van der Waals surface area contributed by atoms with E-state index in [9.17, 15) is 20.4 Å². The second kappa shape index (κ2) is 9.27. The number of hydrogen-bond acceptors (Lipinski definition) is 9. The van der Waals surface area contributed by atoms with Crippen LogP contribution < -0.4 is 0 Å². The Labute approximate surface area is 199 Å². The van der Waals surface area contributed by atoms with Gasteiger partial charge in [0.1, 0.15) is 41.6 Å². The van der Waals surface area contributed by atoms with Gasteiger partial charge >= 0.3 is 0 Å². The number of halogens is 1. The van der Waals surface area contributed by atoms with Crippen LogP contribution in [0.3, 0.4) is 0 Å². The maximum atomic E-state index is 10.4. The minimum atomic E-state index is -1.45. The second-order valence-electron chi connectivity index (χ2n) is 8.24. The van der Waals surface area contributed by atoms with Crippen molar-refractivity contribution in [2.75, 3.05) is 6.61 Å². The Morgan fingerprint density at radius 3 is 2.64 bits per heavy atom. The molecule has 8 nitrogen and oxygen atoms in total. The third-order valence-electron chi connectivity index (χ3n) is 6.04. The Kier molecular flexibility index (Phi) is 6.37. The van der Waals surface area contributed by atoms with Gasteiger partial charge in [-0.3, -0.25) is 0 Å². The van der Waals surface area contributed by atoms with Crippen molar-refractivity contribution in [3.05, 3.63) is 74.7 Å². The lowest BCUT2D eigenvalue weighted by molar-refractivity contribution is -0.231. The van der Waals surface area contributed by atoms with Gasteiger partial charge in [0.15, 0.2) is 10.8 Å². The summed E-state index contributed by atoms with van der Waals surface area (Å²) in [6.45, 7) is -0.485. The van der Waals surface area contributed by atoms with E-state index in [0.29, 0.717) is 27.8 Å². The minimum Gasteiger partial charge on any atom is -0.482 e. The SMILES string of the molecule is OC[C@H]1O[C@@H](c2ccc(Cl)c(Cc3nnc(C4=CC5C=CC=CC5O4)s3)c2)[C@H](O)[C@@H](O)[C@@H]1O. The molecule has 0 bridgehead atoms. The summed E-state index contributed by atoms with van der Waals surface area (Å²) >= 11 is 7.84. The summed E-state index contributed by atoms with van der Waals surface area (Å²) < 4.78 is 11.7. The summed E-state index contributed by atoms with van der Waals surface area (Å²) in [5, 5.41) is 50.5. The van der Waals surface area contributed by atoms with Gasteiger partial charge in [-0.25, -0.2) is 0 Å². The zero-order chi connectivity index (χ0) is 23.1. The first-order chi connectivity index (χ1) is 15.9. The van der Waals surface area contributed by atoms with Crippen LogP contribution in [0.5, 0.6) is 0 Å². The van der Waals surface area contributed by atoms with Gasteiger partial charge in [0.2, 0.25) is 0 Å². The zero-order valence-electron chi connectivity index (χ0n) is 17.4. The van der Waals surface area contributed by atoms with Crippen molar-refractivity contribution < 1.29 is 29.9 Å². The molecule has 10 heteroatoms. The van der Waals surface area contributed by atoms with E-state index in [0.717, 1.165) is 10.6 Å². The van der Waals surface area contributed by atoms with Crippen LogP contribution in [0.4, 0.5) is 0 Å². The van der Waals surface area contributed by atoms with Crippen molar-refractivity contribution in [3.63, 3.8) is 0 Å². The largest absolute Gasteiger partial charge is 0.482 e. The van der Waals surface area contributed by atoms with Crippen molar-refractivity contribution in [2.24, 2.45) is 5.92 Å². The van der Waals surface area contributed by atoms with Crippen molar-refractivity contribution in [1.82, 2.24) is 10.2 Å². The molecule has 4 N–H and O–H groups in total. The van der Waals surface area contributed by atoms with Crippen LogP contribution in [0.25, 0.3) is 5.76 Å². The Balaban J connectivity index is 1.35. The predicted molar refractivity (Wildman–Crippen MR) is 122 cm³/mol. The molecule has 1 aromatic carbocycles. The molecule has 5 rings (SSSR count). The predicted octanol–water partition coefficient (Wildman–Crippen LogP) is 1.78. The van der Waals surface area contributed by atoms with E-state index in [1.165, 1.54) is 11.3 Å². The second-order valence-corrected chi connectivity index (χ2v) is 9.71. The first-order valence-corrected chi connectivity index (χ1v) is 11.8. The molecule has 1 fully saturated rings. The molecule has 174 valence electrons. The van der Waals surface area contributed by atoms with Crippen molar-refractivity contribution in [2.45, 2.75) is 43.0 Å². The number of fused-ring (bicyclic) bond motifs is 1. The van der Waals surface area contributed by atoms with E-state index in [2.05, 4.69) is 16.3 Å². The molecule has 3 heterocycles. The maximum Gasteiger partial charge on any atom is 0.182 e. The Hall–Kier alpha value is -2.11. The minimum absolute atomic E-state index is 0.0120. The molecule has 2 unspecified atom stereocenters. The monoisotopic (exact) mass is 490 g/mol. The summed E-state index contributed by atoms with van der Waals surface area (Å²) in [4.78, 5) is 0. The van der Waals surface area contributed by atoms with Gasteiger partial charge in [-0.1, -0.05) is 53.3 Å². The van der Waals surface area contributed by atoms with Gasteiger partial charge in [-0.15, -0.1) is 10.2 Å². The lowest BCUT2D eigenvalue weighted by atomic mass is 9.90. The molecular formula is C23H23ClN2O6S. The third-order valence-corrected chi connectivity index (χ3v) is 7.35. The van der Waals surface area contributed by atoms with Crippen LogP contribution in [-0.4, -0.2) is 67.8 Å². The van der Waals surface area contributed by atoms with E-state index in [1.807, 2.05) is 24.3 Å². The number of benzene rings is 1. The number of rotatable bonds is 5. The van der Waals surface area contributed by atoms with E-state index >= 15 is 0 Å². The van der Waals surface area contributed by atoms with Crippen molar-refractivity contribution in [1.29, 1.82) is 0 Å². The number of aliphatic hydroxyl groups excluding tert-OH is 4. The Morgan fingerprint density at radius 2 is 1.85 bits per heavy atom. The molecule has 1 saturated heterocycles. The van der Waals surface area contributed by atoms with Crippen LogP contribution >= 0.6 is 22.9 Å². The van der Waals surface area contributed by atoms with Crippen LogP contribution in [0.15, 0.2) is 48.6 Å². The smallest absolute Gasteiger partial charge is 0.182 e. The number of aromatic nitrogens is 2. The fourth-order valence-electron chi connectivity index (χ4n) is 4.23. The summed E-state index contributed by atoms with van der Waals surface area (Å²) in [6.07, 6.45) is 4.38. The molecule has 0 radical (unpaired) electrons. The van der Waals surface area contributed by atoms with E-state index in [-0.39, 0.29) is 12.0 Å². The van der Waals surface area contributed by atoms with Gasteiger partial charge in [0.05, 0.1) is 6.61 Å².